The van der Waals surface area contributed by atoms with Crippen molar-refractivity contribution in [3.63, 3.8) is 0 Å². The summed E-state index contributed by atoms with van der Waals surface area (Å²) in [7, 11) is 0. The van der Waals surface area contributed by atoms with Gasteiger partial charge in [0.1, 0.15) is 0 Å². The molecule has 0 heterocycles. The fraction of sp³-hybridized carbons (Fsp3) is 0.308. The molecule has 0 amide bonds. The number of hydrogen-bond acceptors (Lipinski definition) is 0. The van der Waals surface area contributed by atoms with E-state index in [-0.39, 0.29) is 51.0 Å². The molecule has 0 aliphatic rings. The maximum absolute atomic E-state index is 2.41. The van der Waals surface area contributed by atoms with Crippen LogP contribution in [0.2, 0.25) is 0 Å². The van der Waals surface area contributed by atoms with Crippen molar-refractivity contribution < 1.29 is 51.0 Å². The minimum atomic E-state index is 0. The molecule has 150 valence electrons. The zero-order valence-electron chi connectivity index (χ0n) is 17.6. The van der Waals surface area contributed by atoms with Crippen LogP contribution >= 0.6 is 0 Å². The largest absolute Gasteiger partial charge is 4.00 e. The van der Waals surface area contributed by atoms with Crippen molar-refractivity contribution in [3.05, 3.63) is 82.9 Å². The van der Waals surface area contributed by atoms with Gasteiger partial charge in [0.15, 0.2) is 0 Å². The van der Waals surface area contributed by atoms with Crippen LogP contribution in [-0.4, -0.2) is 0 Å². The molecule has 4 aromatic carbocycles. The number of rotatable bonds is 5. The van der Waals surface area contributed by atoms with Crippen LogP contribution in [0.15, 0.2) is 60.7 Å². The smallest absolute Gasteiger partial charge is 1.00 e. The summed E-state index contributed by atoms with van der Waals surface area (Å²) in [5, 5.41) is 5.65. The summed E-state index contributed by atoms with van der Waals surface area (Å²) < 4.78 is 0. The van der Waals surface area contributed by atoms with E-state index in [0.29, 0.717) is 11.8 Å². The van der Waals surface area contributed by atoms with Crippen molar-refractivity contribution in [1.29, 1.82) is 0 Å². The van der Waals surface area contributed by atoms with Crippen molar-refractivity contribution in [2.24, 2.45) is 0 Å². The summed E-state index contributed by atoms with van der Waals surface area (Å²) in [6.07, 6.45) is 2.22. The minimum Gasteiger partial charge on any atom is -1.00 e. The molecule has 3 heteroatoms. The van der Waals surface area contributed by atoms with Gasteiger partial charge in [0.05, 0.1) is 0 Å². The van der Waals surface area contributed by atoms with E-state index in [1.165, 1.54) is 43.8 Å². The fourth-order valence-electron chi connectivity index (χ4n) is 4.23. The van der Waals surface area contributed by atoms with Gasteiger partial charge in [-0.25, -0.2) is 0 Å². The summed E-state index contributed by atoms with van der Waals surface area (Å²) in [5.74, 6) is 1.15. The van der Waals surface area contributed by atoms with E-state index < -0.39 is 0 Å². The molecule has 0 N–H and O–H groups in total. The molecule has 4 aromatic rings. The minimum absolute atomic E-state index is 0. The standard InChI is InChI=1S/C26H28.2ClH.Zr/c1-17(2)23-9-5-7-21-13-19(15-25(21)23)11-12-20-14-22-8-6-10-24(18(3)4)26(22)16-20;;;/h5-10,13-18H,11-12H2,1-4H3;2*1H;/q-2;;;+4/p-2. The molecule has 0 aliphatic carbocycles. The summed E-state index contributed by atoms with van der Waals surface area (Å²) >= 11 is 0. The Morgan fingerprint density at radius 3 is 1.38 bits per heavy atom. The van der Waals surface area contributed by atoms with Crippen molar-refractivity contribution in [2.75, 3.05) is 0 Å². The van der Waals surface area contributed by atoms with E-state index in [2.05, 4.69) is 88.4 Å². The molecule has 0 bridgehead atoms. The molecule has 0 aromatic heterocycles. The average molecular weight is 503 g/mol. The fourth-order valence-corrected chi connectivity index (χ4v) is 4.23. The Morgan fingerprint density at radius 2 is 1.03 bits per heavy atom. The summed E-state index contributed by atoms with van der Waals surface area (Å²) in [6, 6.07) is 23.0. The molecule has 0 saturated heterocycles. The van der Waals surface area contributed by atoms with Crippen molar-refractivity contribution in [2.45, 2.75) is 52.4 Å². The van der Waals surface area contributed by atoms with E-state index in [1.54, 1.807) is 0 Å². The van der Waals surface area contributed by atoms with Crippen LogP contribution in [0.3, 0.4) is 0 Å². The second-order valence-corrected chi connectivity index (χ2v) is 8.24. The Hall–Kier alpha value is -0.877. The summed E-state index contributed by atoms with van der Waals surface area (Å²) in [6.45, 7) is 9.12. The quantitative estimate of drug-likeness (QED) is 0.363. The molecule has 29 heavy (non-hydrogen) atoms. The van der Waals surface area contributed by atoms with Crippen LogP contribution in [-0.2, 0) is 39.0 Å². The van der Waals surface area contributed by atoms with Gasteiger partial charge in [-0.3, -0.25) is 0 Å². The predicted octanol–water partition coefficient (Wildman–Crippen LogP) is 1.47. The third kappa shape index (κ3) is 5.44. The van der Waals surface area contributed by atoms with E-state index >= 15 is 0 Å². The number of benzene rings is 2. The number of hydrogen-bond donors (Lipinski definition) is 0. The van der Waals surface area contributed by atoms with Crippen molar-refractivity contribution in [3.8, 4) is 0 Å². The van der Waals surface area contributed by atoms with Crippen LogP contribution < -0.4 is 24.8 Å². The summed E-state index contributed by atoms with van der Waals surface area (Å²) in [4.78, 5) is 0. The van der Waals surface area contributed by atoms with Gasteiger partial charge in [-0.05, 0) is 24.7 Å². The molecule has 0 unspecified atom stereocenters. The maximum Gasteiger partial charge on any atom is 4.00 e. The molecule has 0 fully saturated rings. The van der Waals surface area contributed by atoms with Crippen LogP contribution in [0.25, 0.3) is 21.5 Å². The van der Waals surface area contributed by atoms with Crippen LogP contribution in [0, 0.1) is 0 Å². The van der Waals surface area contributed by atoms with Gasteiger partial charge < -0.3 is 24.8 Å². The second-order valence-electron chi connectivity index (χ2n) is 8.24. The molecule has 0 nitrogen and oxygen atoms in total. The molecule has 4 rings (SSSR count). The maximum atomic E-state index is 2.41. The zero-order valence-corrected chi connectivity index (χ0v) is 21.6. The monoisotopic (exact) mass is 500 g/mol. The van der Waals surface area contributed by atoms with Gasteiger partial charge in [0.25, 0.3) is 0 Å². The van der Waals surface area contributed by atoms with Gasteiger partial charge in [-0.15, -0.1) is 69.1 Å². The Morgan fingerprint density at radius 1 is 0.655 bits per heavy atom. The second kappa shape index (κ2) is 10.9. The Labute approximate surface area is 206 Å². The third-order valence-electron chi connectivity index (χ3n) is 5.63. The van der Waals surface area contributed by atoms with Gasteiger partial charge in [0, 0.05) is 0 Å². The van der Waals surface area contributed by atoms with Crippen LogP contribution in [0.1, 0.15) is 61.8 Å². The molecule has 0 saturated carbocycles. The molecule has 0 aliphatic heterocycles. The first kappa shape index (κ1) is 26.2. The van der Waals surface area contributed by atoms with Gasteiger partial charge in [-0.2, -0.15) is 12.1 Å². The van der Waals surface area contributed by atoms with Gasteiger partial charge in [0.2, 0.25) is 0 Å². The van der Waals surface area contributed by atoms with Gasteiger partial charge >= 0.3 is 26.2 Å². The Balaban J connectivity index is 0.00000140. The Bertz CT molecular complexity index is 967. The molecule has 0 atom stereocenters. The van der Waals surface area contributed by atoms with E-state index in [0.717, 1.165) is 12.8 Å². The normalized spacial score (nSPS) is 10.8. The molecular formula is C26H28Cl2Zr. The van der Waals surface area contributed by atoms with Crippen LogP contribution in [0.5, 0.6) is 0 Å². The van der Waals surface area contributed by atoms with Gasteiger partial charge in [-0.1, -0.05) is 51.0 Å². The number of fused-ring (bicyclic) bond motifs is 2. The van der Waals surface area contributed by atoms with E-state index in [1.807, 2.05) is 0 Å². The van der Waals surface area contributed by atoms with E-state index in [9.17, 15) is 0 Å². The third-order valence-corrected chi connectivity index (χ3v) is 5.63. The molecular weight excluding hydrogens is 474 g/mol. The Kier molecular flexibility index (Phi) is 9.87. The molecule has 0 spiro atoms. The first-order chi connectivity index (χ1) is 12.5. The molecule has 0 radical (unpaired) electrons. The number of aryl methyl sites for hydroxylation is 2. The first-order valence-electron chi connectivity index (χ1n) is 9.89. The van der Waals surface area contributed by atoms with Crippen LogP contribution in [0.4, 0.5) is 0 Å². The van der Waals surface area contributed by atoms with E-state index in [4.69, 9.17) is 0 Å². The first-order valence-corrected chi connectivity index (χ1v) is 9.89. The SMILES string of the molecule is CC(C)c1cccc2[cH-]c(CCc3cc4c(C(C)C)cccc4[cH-]3)cc12.[Cl-].[Cl-].[Zr+4]. The van der Waals surface area contributed by atoms with Crippen molar-refractivity contribution >= 4 is 21.5 Å². The zero-order chi connectivity index (χ0) is 18.3. The topological polar surface area (TPSA) is 0 Å². The van der Waals surface area contributed by atoms with Crippen molar-refractivity contribution in [1.82, 2.24) is 0 Å². The summed E-state index contributed by atoms with van der Waals surface area (Å²) in [5.41, 5.74) is 5.86. The predicted molar refractivity (Wildman–Crippen MR) is 115 cm³/mol. The number of halogens is 2. The average Bonchev–Trinajstić information content (AvgIpc) is 3.21.